The van der Waals surface area contributed by atoms with Crippen LogP contribution in [0.3, 0.4) is 0 Å². The van der Waals surface area contributed by atoms with Gasteiger partial charge in [0.15, 0.2) is 0 Å². The second-order valence-electron chi connectivity index (χ2n) is 2.35. The molecule has 0 fully saturated rings. The highest BCUT2D eigenvalue weighted by atomic mass is 14.7. The van der Waals surface area contributed by atoms with Gasteiger partial charge in [0, 0.05) is 0 Å². The van der Waals surface area contributed by atoms with Crippen LogP contribution in [0.1, 0.15) is 11.1 Å². The first kappa shape index (κ1) is 7.42. The van der Waals surface area contributed by atoms with E-state index in [-0.39, 0.29) is 0 Å². The van der Waals surface area contributed by atoms with E-state index in [4.69, 9.17) is 16.7 Å². The molecule has 1 aromatic rings. The first-order valence-corrected chi connectivity index (χ1v) is 3.21. The first-order chi connectivity index (χ1) is 5.16. The van der Waals surface area contributed by atoms with Crippen molar-refractivity contribution in [3.05, 3.63) is 23.3 Å². The predicted molar refractivity (Wildman–Crippen MR) is 44.7 cm³/mol. The largest absolute Gasteiger partial charge is 0.397 e. The number of nitrogen functional groups attached to an aromatic ring is 2. The van der Waals surface area contributed by atoms with Gasteiger partial charge in [0.1, 0.15) is 0 Å². The lowest BCUT2D eigenvalue weighted by Crippen LogP contribution is -1.98. The molecule has 0 radical (unpaired) electrons. The fourth-order valence-electron chi connectivity index (χ4n) is 0.871. The number of nitrogens with two attached hydrogens (primary N) is 2. The Hall–Kier alpha value is -1.69. The van der Waals surface area contributed by atoms with Crippen LogP contribution in [0.2, 0.25) is 0 Å². The average Bonchev–Trinajstić information content (AvgIpc) is 2.01. The molecule has 0 saturated carbocycles. The molecule has 56 valence electrons. The van der Waals surface area contributed by atoms with E-state index in [9.17, 15) is 0 Å². The molecule has 0 aliphatic rings. The van der Waals surface area contributed by atoms with Crippen molar-refractivity contribution in [3.8, 4) is 6.07 Å². The molecule has 1 rings (SSSR count). The normalized spacial score (nSPS) is 9.09. The Morgan fingerprint density at radius 3 is 2.55 bits per heavy atom. The highest BCUT2D eigenvalue weighted by molar-refractivity contribution is 5.70. The fourth-order valence-corrected chi connectivity index (χ4v) is 0.871. The molecule has 0 amide bonds. The fraction of sp³-hybridized carbons (Fsp3) is 0.125. The molecule has 3 nitrogen and oxygen atoms in total. The minimum Gasteiger partial charge on any atom is -0.397 e. The SMILES string of the molecule is Cc1c(C#N)ccc(N)c1N. The Bertz CT molecular complexity index is 323. The summed E-state index contributed by atoms with van der Waals surface area (Å²) in [6.07, 6.45) is 0. The molecule has 4 N–H and O–H groups in total. The van der Waals surface area contributed by atoms with Crippen LogP contribution in [-0.2, 0) is 0 Å². The van der Waals surface area contributed by atoms with E-state index < -0.39 is 0 Å². The molecule has 0 spiro atoms. The van der Waals surface area contributed by atoms with Crippen LogP contribution < -0.4 is 11.5 Å². The number of anilines is 2. The summed E-state index contributed by atoms with van der Waals surface area (Å²) in [6, 6.07) is 5.34. The Morgan fingerprint density at radius 1 is 1.36 bits per heavy atom. The maximum atomic E-state index is 8.59. The van der Waals surface area contributed by atoms with E-state index in [0.29, 0.717) is 16.9 Å². The van der Waals surface area contributed by atoms with Crippen molar-refractivity contribution in [1.82, 2.24) is 0 Å². The van der Waals surface area contributed by atoms with Crippen molar-refractivity contribution < 1.29 is 0 Å². The van der Waals surface area contributed by atoms with Crippen molar-refractivity contribution >= 4 is 11.4 Å². The lowest BCUT2D eigenvalue weighted by molar-refractivity contribution is 1.40. The Kier molecular flexibility index (Phi) is 1.69. The van der Waals surface area contributed by atoms with Crippen molar-refractivity contribution in [3.63, 3.8) is 0 Å². The minimum atomic E-state index is 0.504. The molecule has 0 unspecified atom stereocenters. The van der Waals surface area contributed by atoms with Crippen molar-refractivity contribution in [1.29, 1.82) is 5.26 Å². The molecule has 0 heterocycles. The zero-order valence-corrected chi connectivity index (χ0v) is 6.26. The first-order valence-electron chi connectivity index (χ1n) is 3.21. The Labute approximate surface area is 65.2 Å². The number of hydrogen-bond acceptors (Lipinski definition) is 3. The molecule has 0 bridgehead atoms. The quantitative estimate of drug-likeness (QED) is 0.538. The zero-order chi connectivity index (χ0) is 8.43. The van der Waals surface area contributed by atoms with Gasteiger partial charge in [-0.25, -0.2) is 0 Å². The summed E-state index contributed by atoms with van der Waals surface area (Å²) in [5, 5.41) is 8.59. The summed E-state index contributed by atoms with van der Waals surface area (Å²) in [4.78, 5) is 0. The maximum Gasteiger partial charge on any atom is 0.0995 e. The van der Waals surface area contributed by atoms with Gasteiger partial charge >= 0.3 is 0 Å². The summed E-state index contributed by atoms with van der Waals surface area (Å²) in [5.41, 5.74) is 13.5. The molecule has 0 aliphatic carbocycles. The van der Waals surface area contributed by atoms with Crippen LogP contribution >= 0.6 is 0 Å². The maximum absolute atomic E-state index is 8.59. The second-order valence-corrected chi connectivity index (χ2v) is 2.35. The molecular weight excluding hydrogens is 138 g/mol. The van der Waals surface area contributed by atoms with Gasteiger partial charge in [0.2, 0.25) is 0 Å². The Morgan fingerprint density at radius 2 is 2.00 bits per heavy atom. The third-order valence-electron chi connectivity index (χ3n) is 1.67. The van der Waals surface area contributed by atoms with Crippen LogP contribution in [0.4, 0.5) is 11.4 Å². The van der Waals surface area contributed by atoms with E-state index in [1.54, 1.807) is 19.1 Å². The summed E-state index contributed by atoms with van der Waals surface area (Å²) < 4.78 is 0. The van der Waals surface area contributed by atoms with Gasteiger partial charge in [-0.05, 0) is 24.6 Å². The van der Waals surface area contributed by atoms with Gasteiger partial charge in [0.05, 0.1) is 23.0 Å². The topological polar surface area (TPSA) is 75.8 Å². The van der Waals surface area contributed by atoms with Crippen molar-refractivity contribution in [2.75, 3.05) is 11.5 Å². The molecule has 0 saturated heterocycles. The zero-order valence-electron chi connectivity index (χ0n) is 6.26. The monoisotopic (exact) mass is 147 g/mol. The second kappa shape index (κ2) is 2.51. The van der Waals surface area contributed by atoms with Crippen LogP contribution in [-0.4, -0.2) is 0 Å². The van der Waals surface area contributed by atoms with Gasteiger partial charge < -0.3 is 11.5 Å². The lowest BCUT2D eigenvalue weighted by atomic mass is 10.1. The molecule has 0 aliphatic heterocycles. The van der Waals surface area contributed by atoms with Gasteiger partial charge in [-0.1, -0.05) is 0 Å². The number of hydrogen-bond donors (Lipinski definition) is 2. The Balaban J connectivity index is 3.40. The van der Waals surface area contributed by atoms with E-state index in [1.807, 2.05) is 6.07 Å². The molecule has 3 heteroatoms. The smallest absolute Gasteiger partial charge is 0.0995 e. The highest BCUT2D eigenvalue weighted by Gasteiger charge is 2.02. The summed E-state index contributed by atoms with van der Waals surface area (Å²) in [5.74, 6) is 0. The van der Waals surface area contributed by atoms with Crippen LogP contribution in [0.5, 0.6) is 0 Å². The van der Waals surface area contributed by atoms with E-state index in [2.05, 4.69) is 0 Å². The van der Waals surface area contributed by atoms with Crippen LogP contribution in [0.25, 0.3) is 0 Å². The van der Waals surface area contributed by atoms with Gasteiger partial charge in [-0.15, -0.1) is 0 Å². The number of nitrogens with zero attached hydrogens (tertiary/aromatic N) is 1. The number of benzene rings is 1. The summed E-state index contributed by atoms with van der Waals surface area (Å²) in [6.45, 7) is 1.78. The standard InChI is InChI=1S/C8H9N3/c1-5-6(4-9)2-3-7(10)8(5)11/h2-3H,10-11H2,1H3. The molecular formula is C8H9N3. The third-order valence-corrected chi connectivity index (χ3v) is 1.67. The predicted octanol–water partition coefficient (Wildman–Crippen LogP) is 1.03. The number of rotatable bonds is 0. The van der Waals surface area contributed by atoms with E-state index >= 15 is 0 Å². The summed E-state index contributed by atoms with van der Waals surface area (Å²) >= 11 is 0. The van der Waals surface area contributed by atoms with E-state index in [1.165, 1.54) is 0 Å². The number of nitriles is 1. The van der Waals surface area contributed by atoms with Gasteiger partial charge in [-0.2, -0.15) is 5.26 Å². The van der Waals surface area contributed by atoms with Crippen molar-refractivity contribution in [2.45, 2.75) is 6.92 Å². The van der Waals surface area contributed by atoms with Crippen molar-refractivity contribution in [2.24, 2.45) is 0 Å². The van der Waals surface area contributed by atoms with Gasteiger partial charge in [-0.3, -0.25) is 0 Å². The molecule has 1 aromatic carbocycles. The van der Waals surface area contributed by atoms with E-state index in [0.717, 1.165) is 5.56 Å². The molecule has 0 atom stereocenters. The summed E-state index contributed by atoms with van der Waals surface area (Å²) in [7, 11) is 0. The van der Waals surface area contributed by atoms with Gasteiger partial charge in [0.25, 0.3) is 0 Å². The third kappa shape index (κ3) is 1.10. The van der Waals surface area contributed by atoms with Crippen LogP contribution in [0, 0.1) is 18.3 Å². The minimum absolute atomic E-state index is 0.504. The van der Waals surface area contributed by atoms with Crippen LogP contribution in [0.15, 0.2) is 12.1 Å². The highest BCUT2D eigenvalue weighted by Crippen LogP contribution is 2.21. The molecule has 11 heavy (non-hydrogen) atoms. The average molecular weight is 147 g/mol. The molecule has 0 aromatic heterocycles. The lowest BCUT2D eigenvalue weighted by Gasteiger charge is -2.04.